The topological polar surface area (TPSA) is 111 Å². The van der Waals surface area contributed by atoms with E-state index in [2.05, 4.69) is 11.9 Å². The number of carbonyl (C=O) groups excluding carboxylic acids is 2. The molecule has 0 saturated heterocycles. The minimum Gasteiger partial charge on any atom is -0.464 e. The molecule has 9 nitrogen and oxygen atoms in total. The Kier molecular flexibility index (Phi) is 9.02. The van der Waals surface area contributed by atoms with Crippen LogP contribution in [0.15, 0.2) is 36.7 Å². The van der Waals surface area contributed by atoms with Gasteiger partial charge in [-0.2, -0.15) is 0 Å². The zero-order valence-corrected chi connectivity index (χ0v) is 19.9. The summed E-state index contributed by atoms with van der Waals surface area (Å²) < 4.78 is 11.8. The van der Waals surface area contributed by atoms with Crippen LogP contribution >= 0.6 is 0 Å². The number of rotatable bonds is 9. The second-order valence-electron chi connectivity index (χ2n) is 8.85. The number of ether oxygens (including phenoxy) is 2. The predicted octanol–water partition coefficient (Wildman–Crippen LogP) is 4.89. The molecule has 0 aliphatic heterocycles. The van der Waals surface area contributed by atoms with E-state index < -0.39 is 23.7 Å². The van der Waals surface area contributed by atoms with E-state index >= 15 is 0 Å². The van der Waals surface area contributed by atoms with E-state index in [9.17, 15) is 19.5 Å². The number of benzene rings is 1. The molecule has 0 radical (unpaired) electrons. The van der Waals surface area contributed by atoms with E-state index in [0.29, 0.717) is 17.7 Å². The van der Waals surface area contributed by atoms with Crippen LogP contribution in [0, 0.1) is 0 Å². The molecular weight excluding hydrogens is 426 g/mol. The number of hydrogen-bond acceptors (Lipinski definition) is 6. The first-order valence-electron chi connectivity index (χ1n) is 11.0. The Balaban J connectivity index is 2.25. The summed E-state index contributed by atoms with van der Waals surface area (Å²) in [5.74, 6) is -0.176. The zero-order chi connectivity index (χ0) is 24.6. The number of unbranched alkanes of at least 4 members (excludes halogenated alkanes) is 2. The smallest absolute Gasteiger partial charge is 0.417 e. The quantitative estimate of drug-likeness (QED) is 0.323. The van der Waals surface area contributed by atoms with Crippen molar-refractivity contribution in [2.45, 2.75) is 64.9 Å². The molecule has 1 aromatic heterocycles. The predicted molar refractivity (Wildman–Crippen MR) is 123 cm³/mol. The Morgan fingerprint density at radius 3 is 2.39 bits per heavy atom. The van der Waals surface area contributed by atoms with Crippen molar-refractivity contribution in [3.8, 4) is 5.75 Å². The fourth-order valence-corrected chi connectivity index (χ4v) is 3.23. The van der Waals surface area contributed by atoms with Crippen molar-refractivity contribution >= 4 is 18.2 Å². The van der Waals surface area contributed by atoms with Crippen molar-refractivity contribution in [1.29, 1.82) is 0 Å². The molecule has 0 saturated carbocycles. The molecule has 0 aliphatic carbocycles. The molecule has 2 aromatic rings. The normalized spacial score (nSPS) is 12.2. The Bertz CT molecular complexity index is 946. The largest absolute Gasteiger partial charge is 0.464 e. The highest BCUT2D eigenvalue weighted by Crippen LogP contribution is 2.27. The molecule has 1 N–H and O–H groups in total. The molecule has 180 valence electrons. The van der Waals surface area contributed by atoms with Crippen LogP contribution in [0.1, 0.15) is 70.7 Å². The van der Waals surface area contributed by atoms with Crippen LogP contribution in [0.2, 0.25) is 0 Å². The summed E-state index contributed by atoms with van der Waals surface area (Å²) >= 11 is 0. The second-order valence-corrected chi connectivity index (χ2v) is 8.85. The average Bonchev–Trinajstić information content (AvgIpc) is 3.21. The summed E-state index contributed by atoms with van der Waals surface area (Å²) in [6.07, 6.45) is 4.17. The molecule has 33 heavy (non-hydrogen) atoms. The number of esters is 1. The zero-order valence-electron chi connectivity index (χ0n) is 19.9. The van der Waals surface area contributed by atoms with E-state index in [1.54, 1.807) is 52.1 Å². The van der Waals surface area contributed by atoms with Gasteiger partial charge in [-0.15, -0.1) is 0 Å². The van der Waals surface area contributed by atoms with Gasteiger partial charge in [-0.3, -0.25) is 4.79 Å². The monoisotopic (exact) mass is 459 g/mol. The standard InChI is InChI=1S/C24H33N3O6/c1-6-7-8-9-20(28)32-18-12-10-17(11-13-18)19(21-25-14-15-27(21)22(29)30)16-26(5)23(31)33-24(2,3)4/h10-15,19H,6-9,16H2,1-5H3,(H,29,30). The van der Waals surface area contributed by atoms with Crippen molar-refractivity contribution in [1.82, 2.24) is 14.5 Å². The summed E-state index contributed by atoms with van der Waals surface area (Å²) in [7, 11) is 1.58. The van der Waals surface area contributed by atoms with Gasteiger partial charge < -0.3 is 19.5 Å². The SMILES string of the molecule is CCCCCC(=O)Oc1ccc(C(CN(C)C(=O)OC(C)(C)C)c2nccn2C(=O)O)cc1. The average molecular weight is 460 g/mol. The molecule has 9 heteroatoms. The molecule has 1 amide bonds. The van der Waals surface area contributed by atoms with E-state index in [4.69, 9.17) is 9.47 Å². The molecule has 1 aromatic carbocycles. The van der Waals surface area contributed by atoms with Crippen LogP contribution in [0.25, 0.3) is 0 Å². The maximum atomic E-state index is 12.5. The third-order valence-electron chi connectivity index (χ3n) is 4.85. The number of hydrogen-bond donors (Lipinski definition) is 1. The van der Waals surface area contributed by atoms with E-state index in [-0.39, 0.29) is 18.3 Å². The van der Waals surface area contributed by atoms with Crippen LogP contribution in [0.3, 0.4) is 0 Å². The number of imidazole rings is 1. The highest BCUT2D eigenvalue weighted by molar-refractivity contribution is 5.72. The highest BCUT2D eigenvalue weighted by Gasteiger charge is 2.27. The van der Waals surface area contributed by atoms with E-state index in [1.807, 2.05) is 0 Å². The van der Waals surface area contributed by atoms with E-state index in [1.165, 1.54) is 17.3 Å². The van der Waals surface area contributed by atoms with Gasteiger partial charge in [0.15, 0.2) is 0 Å². The van der Waals surface area contributed by atoms with Gasteiger partial charge in [0, 0.05) is 32.4 Å². The van der Waals surface area contributed by atoms with Crippen LogP contribution < -0.4 is 4.74 Å². The third-order valence-corrected chi connectivity index (χ3v) is 4.85. The fourth-order valence-electron chi connectivity index (χ4n) is 3.23. The summed E-state index contributed by atoms with van der Waals surface area (Å²) in [5, 5.41) is 9.54. The van der Waals surface area contributed by atoms with E-state index in [0.717, 1.165) is 23.8 Å². The maximum Gasteiger partial charge on any atom is 0.417 e. The first-order valence-corrected chi connectivity index (χ1v) is 11.0. The molecule has 2 rings (SSSR count). The number of amides is 1. The third kappa shape index (κ3) is 7.93. The van der Waals surface area contributed by atoms with Gasteiger partial charge in [-0.1, -0.05) is 31.9 Å². The van der Waals surface area contributed by atoms with Gasteiger partial charge in [-0.25, -0.2) is 19.1 Å². The van der Waals surface area contributed by atoms with Crippen molar-refractivity contribution in [3.63, 3.8) is 0 Å². The van der Waals surface area contributed by atoms with Gasteiger partial charge in [0.05, 0.1) is 5.92 Å². The summed E-state index contributed by atoms with van der Waals surface area (Å²) in [6, 6.07) is 6.79. The van der Waals surface area contributed by atoms with Crippen molar-refractivity contribution in [3.05, 3.63) is 48.0 Å². The summed E-state index contributed by atoms with van der Waals surface area (Å²) in [4.78, 5) is 41.8. The second kappa shape index (κ2) is 11.5. The number of carbonyl (C=O) groups is 3. The summed E-state index contributed by atoms with van der Waals surface area (Å²) in [5.41, 5.74) is 0.0492. The van der Waals surface area contributed by atoms with Crippen LogP contribution in [0.5, 0.6) is 5.75 Å². The lowest BCUT2D eigenvalue weighted by Gasteiger charge is -2.27. The van der Waals surface area contributed by atoms with Crippen molar-refractivity contribution < 1.29 is 29.0 Å². The minimum absolute atomic E-state index is 0.134. The molecule has 0 fully saturated rings. The molecular formula is C24H33N3O6. The molecule has 0 bridgehead atoms. The van der Waals surface area contributed by atoms with Gasteiger partial charge >= 0.3 is 18.2 Å². The molecule has 0 aliphatic rings. The van der Waals surface area contributed by atoms with Crippen LogP contribution in [-0.2, 0) is 9.53 Å². The lowest BCUT2D eigenvalue weighted by Crippen LogP contribution is -2.37. The Morgan fingerprint density at radius 2 is 1.82 bits per heavy atom. The number of carboxylic acid groups (broad SMARTS) is 1. The fraction of sp³-hybridized carbons (Fsp3) is 0.500. The van der Waals surface area contributed by atoms with Crippen LogP contribution in [-0.4, -0.2) is 56.9 Å². The van der Waals surface area contributed by atoms with Gasteiger partial charge in [0.1, 0.15) is 17.2 Å². The van der Waals surface area contributed by atoms with Gasteiger partial charge in [0.25, 0.3) is 0 Å². The van der Waals surface area contributed by atoms with Crippen molar-refractivity contribution in [2.24, 2.45) is 0 Å². The molecule has 1 heterocycles. The number of nitrogens with zero attached hydrogens (tertiary/aromatic N) is 3. The Morgan fingerprint density at radius 1 is 1.15 bits per heavy atom. The molecule has 1 atom stereocenters. The van der Waals surface area contributed by atoms with Gasteiger partial charge in [-0.05, 0) is 44.9 Å². The highest BCUT2D eigenvalue weighted by atomic mass is 16.6. The Labute approximate surface area is 194 Å². The van der Waals surface area contributed by atoms with Crippen molar-refractivity contribution in [2.75, 3.05) is 13.6 Å². The summed E-state index contributed by atoms with van der Waals surface area (Å²) in [6.45, 7) is 7.52. The maximum absolute atomic E-state index is 12.5. The number of likely N-dealkylation sites (N-methyl/N-ethyl adjacent to an activating group) is 1. The Hall–Kier alpha value is -3.36. The number of aromatic nitrogens is 2. The molecule has 1 unspecified atom stereocenters. The minimum atomic E-state index is -1.18. The van der Waals surface area contributed by atoms with Crippen LogP contribution in [0.4, 0.5) is 9.59 Å². The molecule has 0 spiro atoms. The van der Waals surface area contributed by atoms with Gasteiger partial charge in [0.2, 0.25) is 0 Å². The lowest BCUT2D eigenvalue weighted by molar-refractivity contribution is -0.134. The first kappa shape index (κ1) is 25.9. The first-order chi connectivity index (χ1) is 15.5. The lowest BCUT2D eigenvalue weighted by atomic mass is 9.97.